The first kappa shape index (κ1) is 70.7. The molecule has 76 heavy (non-hydrogen) atoms. The van der Waals surface area contributed by atoms with Crippen molar-refractivity contribution in [3.05, 3.63) is 194 Å². The quantitative estimate of drug-likeness (QED) is 0.0373. The van der Waals surface area contributed by atoms with Crippen LogP contribution in [-0.2, 0) is 19.1 Å². The average molecular weight is 1040 g/mol. The second-order valence-electron chi connectivity index (χ2n) is 19.0. The van der Waals surface area contributed by atoms with Gasteiger partial charge in [0.15, 0.2) is 6.10 Å². The van der Waals surface area contributed by atoms with Crippen LogP contribution in [0.2, 0.25) is 0 Å². The number of hydrogen-bond donors (Lipinski definition) is 1. The van der Waals surface area contributed by atoms with Gasteiger partial charge in [-0.05, 0) is 141 Å². The highest BCUT2D eigenvalue weighted by molar-refractivity contribution is 5.70. The second kappa shape index (κ2) is 64.0. The van der Waals surface area contributed by atoms with Crippen molar-refractivity contribution in [2.75, 3.05) is 13.2 Å². The van der Waals surface area contributed by atoms with Gasteiger partial charge in [-0.1, -0.05) is 260 Å². The van der Waals surface area contributed by atoms with Gasteiger partial charge in [0, 0.05) is 12.8 Å². The Labute approximate surface area is 467 Å². The third-order valence-electron chi connectivity index (χ3n) is 11.9. The van der Waals surface area contributed by atoms with Crippen molar-refractivity contribution < 1.29 is 24.2 Å². The summed E-state index contributed by atoms with van der Waals surface area (Å²) in [6, 6.07) is 0. The fraction of sp³-hybridized carbons (Fsp3) is 0.521. The molecule has 1 atom stereocenters. The van der Waals surface area contributed by atoms with Gasteiger partial charge in [0.2, 0.25) is 0 Å². The Kier molecular flexibility index (Phi) is 59.6. The summed E-state index contributed by atoms with van der Waals surface area (Å²) in [6.45, 7) is 3.87. The molecular formula is C71H108O5. The van der Waals surface area contributed by atoms with Gasteiger partial charge in [0.25, 0.3) is 0 Å². The molecule has 0 radical (unpaired) electrons. The standard InChI is InChI=1S/C71H108O5/c1-3-5-7-9-11-13-15-17-19-21-23-25-27-29-31-32-33-34-35-36-37-38-40-42-44-46-48-50-52-54-56-58-60-62-64-66-71(74)76-69(67-72)68-75-70(73)65-63-61-59-57-55-53-51-49-47-45-43-41-39-30-28-26-24-22-20-18-16-14-12-10-8-6-4-2/h5-8,11-14,17-20,23-26,29-31,33-34,36-37,39-40,42-43,45-46,48-49,51,69,72H,3-4,9-10,15-16,21-22,27-28,32,35,38,41,44,47,50,52-68H2,1-2H3/b7-5-,8-6-,13-11-,14-12-,19-17-,20-18-,25-23-,26-24-,31-29-,34-33-,37-36-,39-30-,42-40-,45-43-,48-46-,51-49-. The number of aliphatic hydroxyl groups is 1. The van der Waals surface area contributed by atoms with E-state index in [1.54, 1.807) is 0 Å². The number of allylic oxidation sites excluding steroid dienone is 32. The predicted octanol–water partition coefficient (Wildman–Crippen LogP) is 20.9. The zero-order chi connectivity index (χ0) is 54.8. The minimum absolute atomic E-state index is 0.0949. The fourth-order valence-electron chi connectivity index (χ4n) is 7.47. The molecule has 0 aliphatic carbocycles. The summed E-state index contributed by atoms with van der Waals surface area (Å²) in [4.78, 5) is 24.6. The molecule has 0 aliphatic rings. The Balaban J connectivity index is 3.67. The van der Waals surface area contributed by atoms with E-state index in [4.69, 9.17) is 9.47 Å². The van der Waals surface area contributed by atoms with Crippen molar-refractivity contribution in [3.63, 3.8) is 0 Å². The monoisotopic (exact) mass is 1040 g/mol. The lowest BCUT2D eigenvalue weighted by atomic mass is 10.1. The van der Waals surface area contributed by atoms with Crippen LogP contribution in [0.3, 0.4) is 0 Å². The van der Waals surface area contributed by atoms with Gasteiger partial charge in [-0.2, -0.15) is 0 Å². The van der Waals surface area contributed by atoms with Gasteiger partial charge < -0.3 is 14.6 Å². The molecule has 422 valence electrons. The third kappa shape index (κ3) is 61.3. The summed E-state index contributed by atoms with van der Waals surface area (Å²) in [5, 5.41) is 9.67. The number of ether oxygens (including phenoxy) is 2. The van der Waals surface area contributed by atoms with Crippen LogP contribution in [-0.4, -0.2) is 36.4 Å². The second-order valence-corrected chi connectivity index (χ2v) is 19.0. The summed E-state index contributed by atoms with van der Waals surface area (Å²) in [7, 11) is 0. The number of hydrogen-bond acceptors (Lipinski definition) is 5. The summed E-state index contributed by atoms with van der Waals surface area (Å²) in [6.07, 6.45) is 103. The Morgan fingerprint density at radius 1 is 0.303 bits per heavy atom. The molecule has 1 N–H and O–H groups in total. The van der Waals surface area contributed by atoms with Crippen molar-refractivity contribution in [2.24, 2.45) is 0 Å². The Morgan fingerprint density at radius 3 is 0.789 bits per heavy atom. The van der Waals surface area contributed by atoms with Gasteiger partial charge in [-0.3, -0.25) is 9.59 Å². The molecule has 0 bridgehead atoms. The average Bonchev–Trinajstić information content (AvgIpc) is 3.42. The normalized spacial score (nSPS) is 13.7. The molecule has 0 amide bonds. The molecule has 5 heteroatoms. The Bertz CT molecular complexity index is 1800. The molecule has 1 unspecified atom stereocenters. The Hall–Kier alpha value is -5.26. The molecule has 0 saturated heterocycles. The van der Waals surface area contributed by atoms with Crippen molar-refractivity contribution in [1.29, 1.82) is 0 Å². The Morgan fingerprint density at radius 2 is 0.526 bits per heavy atom. The number of rotatable bonds is 52. The SMILES string of the molecule is CC/C=C\C/C=C\C/C=C\C/C=C\C/C=C\C/C=C\C/C=C\C/C=C\C/C=C\CCCCCCCCCC(=O)OC(CO)COC(=O)CCCCCCC/C=C\C/C=C\C/C=C\C/C=C\C/C=C\C/C=C\C/C=C\CC. The summed E-state index contributed by atoms with van der Waals surface area (Å²) in [5.41, 5.74) is 0. The summed E-state index contributed by atoms with van der Waals surface area (Å²) < 4.78 is 10.7. The zero-order valence-electron chi connectivity index (χ0n) is 48.2. The number of carbonyl (C=O) groups excluding carboxylic acids is 2. The van der Waals surface area contributed by atoms with E-state index in [2.05, 4.69) is 208 Å². The molecule has 0 aromatic carbocycles. The van der Waals surface area contributed by atoms with Crippen LogP contribution < -0.4 is 0 Å². The van der Waals surface area contributed by atoms with E-state index in [9.17, 15) is 14.7 Å². The van der Waals surface area contributed by atoms with Crippen LogP contribution in [0.5, 0.6) is 0 Å². The van der Waals surface area contributed by atoms with Crippen LogP contribution in [0.15, 0.2) is 194 Å². The lowest BCUT2D eigenvalue weighted by Crippen LogP contribution is -2.28. The maximum atomic E-state index is 12.3. The maximum absolute atomic E-state index is 12.3. The molecule has 0 aromatic heterocycles. The molecule has 5 nitrogen and oxygen atoms in total. The van der Waals surface area contributed by atoms with Crippen LogP contribution in [0, 0.1) is 0 Å². The van der Waals surface area contributed by atoms with E-state index in [1.165, 1.54) is 25.7 Å². The molecule has 0 aromatic rings. The molecule has 0 saturated carbocycles. The van der Waals surface area contributed by atoms with E-state index >= 15 is 0 Å². The third-order valence-corrected chi connectivity index (χ3v) is 11.9. The van der Waals surface area contributed by atoms with Gasteiger partial charge in [-0.15, -0.1) is 0 Å². The van der Waals surface area contributed by atoms with E-state index in [0.717, 1.165) is 167 Å². The highest BCUT2D eigenvalue weighted by Crippen LogP contribution is 2.13. The molecule has 0 rings (SSSR count). The molecular weight excluding hydrogens is 933 g/mol. The first-order valence-electron chi connectivity index (χ1n) is 30.0. The summed E-state index contributed by atoms with van der Waals surface area (Å²) in [5.74, 6) is -0.642. The number of esters is 2. The van der Waals surface area contributed by atoms with Gasteiger partial charge in [0.1, 0.15) is 6.61 Å². The van der Waals surface area contributed by atoms with Crippen molar-refractivity contribution in [2.45, 2.75) is 225 Å². The minimum Gasteiger partial charge on any atom is -0.462 e. The van der Waals surface area contributed by atoms with Crippen molar-refractivity contribution >= 4 is 11.9 Å². The van der Waals surface area contributed by atoms with E-state index < -0.39 is 6.10 Å². The highest BCUT2D eigenvalue weighted by Gasteiger charge is 2.16. The molecule has 0 heterocycles. The fourth-order valence-corrected chi connectivity index (χ4v) is 7.47. The number of carbonyl (C=O) groups is 2. The summed E-state index contributed by atoms with van der Waals surface area (Å²) >= 11 is 0. The predicted molar refractivity (Wildman–Crippen MR) is 333 cm³/mol. The van der Waals surface area contributed by atoms with Crippen LogP contribution in [0.25, 0.3) is 0 Å². The first-order chi connectivity index (χ1) is 37.6. The minimum atomic E-state index is -0.804. The topological polar surface area (TPSA) is 72.8 Å². The highest BCUT2D eigenvalue weighted by atomic mass is 16.6. The van der Waals surface area contributed by atoms with Crippen LogP contribution in [0.1, 0.15) is 219 Å². The largest absolute Gasteiger partial charge is 0.462 e. The van der Waals surface area contributed by atoms with E-state index in [-0.39, 0.29) is 25.2 Å². The van der Waals surface area contributed by atoms with E-state index in [1.807, 2.05) is 0 Å². The zero-order valence-corrected chi connectivity index (χ0v) is 48.2. The lowest BCUT2D eigenvalue weighted by Gasteiger charge is -2.15. The van der Waals surface area contributed by atoms with Gasteiger partial charge in [-0.25, -0.2) is 0 Å². The van der Waals surface area contributed by atoms with Crippen LogP contribution >= 0.6 is 0 Å². The van der Waals surface area contributed by atoms with Crippen molar-refractivity contribution in [3.8, 4) is 0 Å². The molecule has 0 spiro atoms. The number of aliphatic hydroxyl groups excluding tert-OH is 1. The molecule has 0 aliphatic heterocycles. The smallest absolute Gasteiger partial charge is 0.306 e. The van der Waals surface area contributed by atoms with Gasteiger partial charge >= 0.3 is 11.9 Å². The van der Waals surface area contributed by atoms with Crippen LogP contribution in [0.4, 0.5) is 0 Å². The first-order valence-corrected chi connectivity index (χ1v) is 30.0. The number of unbranched alkanes of at least 4 members (excludes halogenated alkanes) is 12. The van der Waals surface area contributed by atoms with Crippen molar-refractivity contribution in [1.82, 2.24) is 0 Å². The van der Waals surface area contributed by atoms with Gasteiger partial charge in [0.05, 0.1) is 6.61 Å². The maximum Gasteiger partial charge on any atom is 0.306 e. The van der Waals surface area contributed by atoms with E-state index in [0.29, 0.717) is 12.8 Å². The lowest BCUT2D eigenvalue weighted by molar-refractivity contribution is -0.161. The molecule has 0 fully saturated rings.